The van der Waals surface area contributed by atoms with Gasteiger partial charge in [0, 0.05) is 0 Å². The van der Waals surface area contributed by atoms with E-state index in [1.807, 2.05) is 6.08 Å². The van der Waals surface area contributed by atoms with Crippen LogP contribution in [0.1, 0.15) is 90.9 Å². The summed E-state index contributed by atoms with van der Waals surface area (Å²) < 4.78 is 0. The van der Waals surface area contributed by atoms with Crippen molar-refractivity contribution in [3.05, 3.63) is 12.2 Å². The molecule has 4 atom stereocenters. The summed E-state index contributed by atoms with van der Waals surface area (Å²) in [5.41, 5.74) is 5.66. The van der Waals surface area contributed by atoms with Gasteiger partial charge in [0.05, 0.1) is 12.1 Å². The summed E-state index contributed by atoms with van der Waals surface area (Å²) in [6.45, 7) is 3.51. The molecule has 0 fully saturated rings. The molecule has 2 unspecified atom stereocenters. The van der Waals surface area contributed by atoms with Crippen molar-refractivity contribution in [2.24, 2.45) is 5.73 Å². The van der Waals surface area contributed by atoms with Crippen molar-refractivity contribution >= 4 is 5.78 Å². The Morgan fingerprint density at radius 1 is 0.885 bits per heavy atom. The molecule has 0 aliphatic rings. The lowest BCUT2D eigenvalue weighted by Gasteiger charge is -2.21. The Morgan fingerprint density at radius 2 is 1.35 bits per heavy atom. The molecule has 154 valence electrons. The third-order valence-corrected chi connectivity index (χ3v) is 4.77. The molecule has 0 rings (SSSR count). The number of unbranched alkanes of at least 4 members (excludes halogenated alkanes) is 11. The van der Waals surface area contributed by atoms with Gasteiger partial charge >= 0.3 is 0 Å². The van der Waals surface area contributed by atoms with Crippen LogP contribution in [0, 0.1) is 0 Å². The van der Waals surface area contributed by atoms with Crippen LogP contribution in [0.25, 0.3) is 0 Å². The van der Waals surface area contributed by atoms with E-state index in [1.165, 1.54) is 77.2 Å². The van der Waals surface area contributed by atoms with Crippen LogP contribution in [0.2, 0.25) is 0 Å². The molecule has 26 heavy (non-hydrogen) atoms. The van der Waals surface area contributed by atoms with E-state index in [0.29, 0.717) is 0 Å². The van der Waals surface area contributed by atoms with Gasteiger partial charge in [0.1, 0.15) is 12.2 Å². The van der Waals surface area contributed by atoms with Gasteiger partial charge in [-0.1, -0.05) is 83.3 Å². The Hall–Kier alpha value is -0.750. The zero-order valence-electron chi connectivity index (χ0n) is 16.8. The molecule has 0 saturated heterocycles. The maximum absolute atomic E-state index is 11.5. The molecule has 0 amide bonds. The first-order valence-corrected chi connectivity index (χ1v) is 10.4. The van der Waals surface area contributed by atoms with Crippen LogP contribution in [-0.4, -0.2) is 45.5 Å². The fourth-order valence-corrected chi connectivity index (χ4v) is 2.91. The lowest BCUT2D eigenvalue weighted by molar-refractivity contribution is -0.136. The molecule has 5 N–H and O–H groups in total. The molecule has 0 aromatic rings. The fourth-order valence-electron chi connectivity index (χ4n) is 2.91. The Morgan fingerprint density at radius 3 is 1.81 bits per heavy atom. The number of allylic oxidation sites excluding steroid dienone is 1. The van der Waals surface area contributed by atoms with Gasteiger partial charge in [-0.15, -0.1) is 0 Å². The predicted molar refractivity (Wildman–Crippen MR) is 107 cm³/mol. The van der Waals surface area contributed by atoms with E-state index in [2.05, 4.69) is 6.92 Å². The Labute approximate surface area is 159 Å². The van der Waals surface area contributed by atoms with E-state index >= 15 is 0 Å². The van der Waals surface area contributed by atoms with Gasteiger partial charge in [0.15, 0.2) is 5.78 Å². The number of carbonyl (C=O) groups is 1. The van der Waals surface area contributed by atoms with E-state index in [1.54, 1.807) is 0 Å². The zero-order chi connectivity index (χ0) is 19.8. The highest BCUT2D eigenvalue weighted by Gasteiger charge is 2.29. The predicted octanol–water partition coefficient (Wildman–Crippen LogP) is 3.24. The summed E-state index contributed by atoms with van der Waals surface area (Å²) in [6.07, 6.45) is 14.5. The number of rotatable bonds is 17. The monoisotopic (exact) mass is 371 g/mol. The quantitative estimate of drug-likeness (QED) is 0.232. The van der Waals surface area contributed by atoms with Gasteiger partial charge < -0.3 is 21.1 Å². The summed E-state index contributed by atoms with van der Waals surface area (Å²) in [7, 11) is 0. The first kappa shape index (κ1) is 25.2. The molecule has 0 heterocycles. The van der Waals surface area contributed by atoms with Gasteiger partial charge in [-0.2, -0.15) is 0 Å². The van der Waals surface area contributed by atoms with Crippen LogP contribution >= 0.6 is 0 Å². The third kappa shape index (κ3) is 12.6. The minimum atomic E-state index is -1.56. The van der Waals surface area contributed by atoms with E-state index < -0.39 is 30.1 Å². The fraction of sp³-hybridized carbons (Fsp3) is 0.857. The number of aliphatic hydroxyl groups is 3. The van der Waals surface area contributed by atoms with Crippen molar-refractivity contribution in [3.63, 3.8) is 0 Å². The lowest BCUT2D eigenvalue weighted by Crippen LogP contribution is -2.50. The smallest absolute Gasteiger partial charge is 0.190 e. The number of aliphatic hydroxyl groups excluding tert-OH is 3. The highest BCUT2D eigenvalue weighted by molar-refractivity contribution is 5.87. The van der Waals surface area contributed by atoms with Crippen LogP contribution in [0.4, 0.5) is 0 Å². The number of nitrogens with two attached hydrogens (primary N) is 1. The maximum Gasteiger partial charge on any atom is 0.190 e. The van der Waals surface area contributed by atoms with Crippen molar-refractivity contribution in [3.8, 4) is 0 Å². The Balaban J connectivity index is 3.64. The first-order valence-electron chi connectivity index (χ1n) is 10.4. The van der Waals surface area contributed by atoms with Crippen molar-refractivity contribution in [2.45, 2.75) is 115 Å². The zero-order valence-corrected chi connectivity index (χ0v) is 16.8. The number of Topliss-reactive ketones (excluding diaryl/α,β-unsaturated/α-hetero) is 1. The molecule has 0 aromatic heterocycles. The number of ketones is 1. The minimum Gasteiger partial charge on any atom is -0.387 e. The molecule has 0 saturated carbocycles. The maximum atomic E-state index is 11.5. The van der Waals surface area contributed by atoms with Crippen LogP contribution in [0.5, 0.6) is 0 Å². The second-order valence-corrected chi connectivity index (χ2v) is 7.34. The molecule has 0 aromatic carbocycles. The number of hydrogen-bond acceptors (Lipinski definition) is 5. The minimum absolute atomic E-state index is 0.768. The van der Waals surface area contributed by atoms with Gasteiger partial charge in [-0.3, -0.25) is 4.79 Å². The van der Waals surface area contributed by atoms with E-state index in [0.717, 1.165) is 12.8 Å². The molecular formula is C21H41NO4. The van der Waals surface area contributed by atoms with Crippen LogP contribution < -0.4 is 5.73 Å². The van der Waals surface area contributed by atoms with Crippen LogP contribution in [0.15, 0.2) is 12.2 Å². The standard InChI is InChI=1S/C21H41NO4/c1-3-4-5-6-7-8-9-10-11-12-13-14-15-16-18(24)19(22)21(26)20(25)17(2)23/h15-19,21,23-24,26H,3-14,22H2,1-2H3/b16-15+/t17?,18-,19-,21?/m1/s1. The summed E-state index contributed by atoms with van der Waals surface area (Å²) >= 11 is 0. The number of hydrogen-bond donors (Lipinski definition) is 4. The van der Waals surface area contributed by atoms with Crippen molar-refractivity contribution in [2.75, 3.05) is 0 Å². The average Bonchev–Trinajstić information content (AvgIpc) is 2.63. The highest BCUT2D eigenvalue weighted by atomic mass is 16.3. The summed E-state index contributed by atoms with van der Waals surface area (Å²) in [6, 6.07) is -1.12. The average molecular weight is 372 g/mol. The molecule has 0 radical (unpaired) electrons. The van der Waals surface area contributed by atoms with E-state index in [-0.39, 0.29) is 0 Å². The second-order valence-electron chi connectivity index (χ2n) is 7.34. The lowest BCUT2D eigenvalue weighted by atomic mass is 9.99. The largest absolute Gasteiger partial charge is 0.387 e. The summed E-state index contributed by atoms with van der Waals surface area (Å²) in [5.74, 6) is -0.768. The summed E-state index contributed by atoms with van der Waals surface area (Å²) in [5, 5.41) is 28.7. The molecule has 0 aliphatic carbocycles. The van der Waals surface area contributed by atoms with Gasteiger partial charge in [0.25, 0.3) is 0 Å². The van der Waals surface area contributed by atoms with Crippen molar-refractivity contribution in [1.29, 1.82) is 0 Å². The molecule has 0 spiro atoms. The van der Waals surface area contributed by atoms with Crippen LogP contribution in [-0.2, 0) is 4.79 Å². The van der Waals surface area contributed by atoms with Crippen molar-refractivity contribution < 1.29 is 20.1 Å². The van der Waals surface area contributed by atoms with Crippen molar-refractivity contribution in [1.82, 2.24) is 0 Å². The number of carbonyl (C=O) groups excluding carboxylic acids is 1. The molecular weight excluding hydrogens is 330 g/mol. The normalized spacial score (nSPS) is 16.5. The molecule has 5 heteroatoms. The molecule has 0 aliphatic heterocycles. The Bertz CT molecular complexity index is 371. The third-order valence-electron chi connectivity index (χ3n) is 4.77. The summed E-state index contributed by atoms with van der Waals surface area (Å²) in [4.78, 5) is 11.5. The van der Waals surface area contributed by atoms with E-state index in [9.17, 15) is 15.0 Å². The molecule has 0 bridgehead atoms. The van der Waals surface area contributed by atoms with E-state index in [4.69, 9.17) is 10.8 Å². The van der Waals surface area contributed by atoms with Gasteiger partial charge in [0.2, 0.25) is 0 Å². The first-order chi connectivity index (χ1) is 12.4. The SMILES string of the molecule is CCCCCCCCCCCCC/C=C/[C@@H](O)[C@@H](N)C(O)C(=O)C(C)O. The van der Waals surface area contributed by atoms with Gasteiger partial charge in [-0.05, 0) is 19.8 Å². The van der Waals surface area contributed by atoms with Gasteiger partial charge in [-0.25, -0.2) is 0 Å². The second kappa shape index (κ2) is 16.4. The Kier molecular flexibility index (Phi) is 16.0. The molecule has 5 nitrogen and oxygen atoms in total. The topological polar surface area (TPSA) is 104 Å². The highest BCUT2D eigenvalue weighted by Crippen LogP contribution is 2.12. The van der Waals surface area contributed by atoms with Crippen LogP contribution in [0.3, 0.4) is 0 Å².